The molecule has 0 atom stereocenters. The van der Waals surface area contributed by atoms with E-state index in [9.17, 15) is 0 Å². The van der Waals surface area contributed by atoms with Crippen LogP contribution in [0.3, 0.4) is 0 Å². The molecule has 2 aromatic carbocycles. The first kappa shape index (κ1) is 19.6. The molecule has 0 aliphatic rings. The van der Waals surface area contributed by atoms with E-state index in [2.05, 4.69) is 32.6 Å². The molecule has 0 amide bonds. The van der Waals surface area contributed by atoms with Crippen molar-refractivity contribution < 1.29 is 0 Å². The predicted molar refractivity (Wildman–Crippen MR) is 114 cm³/mol. The molecule has 0 radical (unpaired) electrons. The Morgan fingerprint density at radius 2 is 1.76 bits per heavy atom. The van der Waals surface area contributed by atoms with Crippen LogP contribution in [0.2, 0.25) is 5.02 Å². The van der Waals surface area contributed by atoms with Gasteiger partial charge in [-0.25, -0.2) is 4.68 Å². The van der Waals surface area contributed by atoms with Gasteiger partial charge in [-0.05, 0) is 53.2 Å². The maximum atomic E-state index is 6.05. The number of nitrogens with zero attached hydrogens (tertiary/aromatic N) is 7. The van der Waals surface area contributed by atoms with Gasteiger partial charge in [0.25, 0.3) is 0 Å². The van der Waals surface area contributed by atoms with Crippen molar-refractivity contribution in [3.63, 3.8) is 0 Å². The second-order valence-corrected chi connectivity index (χ2v) is 7.82. The van der Waals surface area contributed by atoms with E-state index in [1.54, 1.807) is 11.8 Å². The number of halogens is 1. The minimum absolute atomic E-state index is 0.613. The average Bonchev–Trinajstić information content (AvgIpc) is 3.38. The Bertz CT molecular complexity index is 1060. The molecule has 2 aromatic heterocycles. The summed E-state index contributed by atoms with van der Waals surface area (Å²) in [5.74, 6) is 2.21. The van der Waals surface area contributed by atoms with Gasteiger partial charge in [0.1, 0.15) is 0 Å². The minimum Gasteiger partial charge on any atom is -0.270 e. The van der Waals surface area contributed by atoms with Crippen LogP contribution in [0, 0.1) is 0 Å². The number of unbranched alkanes of at least 4 members (excludes halogenated alkanes) is 1. The normalized spacial score (nSPS) is 11.1. The highest BCUT2D eigenvalue weighted by Gasteiger charge is 2.17. The van der Waals surface area contributed by atoms with Crippen molar-refractivity contribution in [2.24, 2.45) is 0 Å². The van der Waals surface area contributed by atoms with E-state index in [0.29, 0.717) is 10.8 Å². The molecule has 0 saturated carbocycles. The molecule has 0 bridgehead atoms. The number of rotatable bonds is 8. The van der Waals surface area contributed by atoms with Gasteiger partial charge in [-0.1, -0.05) is 54.9 Å². The molecule has 148 valence electrons. The Labute approximate surface area is 178 Å². The fourth-order valence-electron chi connectivity index (χ4n) is 2.90. The van der Waals surface area contributed by atoms with Crippen LogP contribution in [0.5, 0.6) is 0 Å². The van der Waals surface area contributed by atoms with E-state index in [4.69, 9.17) is 11.6 Å². The highest BCUT2D eigenvalue weighted by molar-refractivity contribution is 7.98. The maximum Gasteiger partial charge on any atom is 0.196 e. The zero-order valence-electron chi connectivity index (χ0n) is 15.9. The third-order valence-electron chi connectivity index (χ3n) is 4.41. The Morgan fingerprint density at radius 1 is 0.966 bits per heavy atom. The van der Waals surface area contributed by atoms with E-state index in [0.717, 1.165) is 47.4 Å². The highest BCUT2D eigenvalue weighted by Crippen LogP contribution is 2.29. The third kappa shape index (κ3) is 4.49. The molecule has 29 heavy (non-hydrogen) atoms. The first-order chi connectivity index (χ1) is 14.3. The van der Waals surface area contributed by atoms with E-state index < -0.39 is 0 Å². The molecule has 0 fully saturated rings. The summed E-state index contributed by atoms with van der Waals surface area (Å²) in [6, 6.07) is 17.7. The summed E-state index contributed by atoms with van der Waals surface area (Å²) in [5, 5.41) is 22.5. The zero-order valence-corrected chi connectivity index (χ0v) is 17.5. The summed E-state index contributed by atoms with van der Waals surface area (Å²) < 4.78 is 3.91. The van der Waals surface area contributed by atoms with Gasteiger partial charge in [-0.15, -0.1) is 15.3 Å². The van der Waals surface area contributed by atoms with Crippen LogP contribution >= 0.6 is 23.4 Å². The molecular weight excluding hydrogens is 406 g/mol. The second-order valence-electron chi connectivity index (χ2n) is 6.44. The lowest BCUT2D eigenvalue weighted by atomic mass is 10.2. The quantitative estimate of drug-likeness (QED) is 0.382. The Kier molecular flexibility index (Phi) is 6.21. The van der Waals surface area contributed by atoms with Gasteiger partial charge < -0.3 is 0 Å². The van der Waals surface area contributed by atoms with Crippen LogP contribution in [0.25, 0.3) is 17.1 Å². The van der Waals surface area contributed by atoms with Crippen molar-refractivity contribution in [1.29, 1.82) is 0 Å². The summed E-state index contributed by atoms with van der Waals surface area (Å²) in [6.45, 7) is 2.97. The van der Waals surface area contributed by atoms with Crippen molar-refractivity contribution >= 4 is 23.4 Å². The Morgan fingerprint density at radius 3 is 2.52 bits per heavy atom. The van der Waals surface area contributed by atoms with Crippen molar-refractivity contribution in [1.82, 2.24) is 35.0 Å². The van der Waals surface area contributed by atoms with Crippen molar-refractivity contribution in [3.8, 4) is 17.1 Å². The molecule has 0 spiro atoms. The molecular formula is C20H20ClN7S. The van der Waals surface area contributed by atoms with Gasteiger partial charge in [0, 0.05) is 22.8 Å². The number of hydrogen-bond donors (Lipinski definition) is 0. The zero-order chi connectivity index (χ0) is 20.1. The third-order valence-corrected chi connectivity index (χ3v) is 5.59. The van der Waals surface area contributed by atoms with Crippen LogP contribution in [0.4, 0.5) is 0 Å². The van der Waals surface area contributed by atoms with Crippen molar-refractivity contribution in [3.05, 3.63) is 65.4 Å². The van der Waals surface area contributed by atoms with Gasteiger partial charge >= 0.3 is 0 Å². The number of aryl methyl sites for hydroxylation is 1. The maximum absolute atomic E-state index is 6.05. The van der Waals surface area contributed by atoms with E-state index in [-0.39, 0.29) is 0 Å². The van der Waals surface area contributed by atoms with Gasteiger partial charge in [0.2, 0.25) is 0 Å². The predicted octanol–water partition coefficient (Wildman–Crippen LogP) is 4.67. The Balaban J connectivity index is 1.65. The molecule has 0 aliphatic heterocycles. The molecule has 4 aromatic rings. The summed E-state index contributed by atoms with van der Waals surface area (Å²) in [6.07, 6.45) is 2.14. The smallest absolute Gasteiger partial charge is 0.196 e. The fraction of sp³-hybridized carbons (Fsp3) is 0.250. The summed E-state index contributed by atoms with van der Waals surface area (Å²) in [5.41, 5.74) is 1.95. The van der Waals surface area contributed by atoms with E-state index >= 15 is 0 Å². The van der Waals surface area contributed by atoms with Crippen LogP contribution in [-0.4, -0.2) is 35.0 Å². The molecule has 4 rings (SSSR count). The lowest BCUT2D eigenvalue weighted by Gasteiger charge is -2.10. The Hall–Kier alpha value is -2.71. The largest absolute Gasteiger partial charge is 0.270 e. The molecule has 0 aliphatic carbocycles. The second kappa shape index (κ2) is 9.19. The molecule has 0 unspecified atom stereocenters. The topological polar surface area (TPSA) is 74.3 Å². The van der Waals surface area contributed by atoms with Crippen LogP contribution in [0.1, 0.15) is 25.6 Å². The number of benzene rings is 2. The molecule has 0 saturated heterocycles. The standard InChI is InChI=1S/C20H20ClN7S/c1-2-3-13-27-18(22-25-26-27)14-29-20-24-23-19(15-9-11-16(21)12-10-15)28(20)17-7-5-4-6-8-17/h4-12H,2-3,13-14H2,1H3. The van der Waals surface area contributed by atoms with Crippen LogP contribution in [0.15, 0.2) is 59.8 Å². The van der Waals surface area contributed by atoms with Gasteiger partial charge in [-0.3, -0.25) is 4.57 Å². The highest BCUT2D eigenvalue weighted by atomic mass is 35.5. The molecule has 0 N–H and O–H groups in total. The minimum atomic E-state index is 0.613. The van der Waals surface area contributed by atoms with Gasteiger partial charge in [-0.2, -0.15) is 0 Å². The van der Waals surface area contributed by atoms with Crippen LogP contribution < -0.4 is 0 Å². The SMILES string of the molecule is CCCCn1nnnc1CSc1nnc(-c2ccc(Cl)cc2)n1-c1ccccc1. The lowest BCUT2D eigenvalue weighted by molar-refractivity contribution is 0.540. The lowest BCUT2D eigenvalue weighted by Crippen LogP contribution is -2.05. The number of thioether (sulfide) groups is 1. The summed E-state index contributed by atoms with van der Waals surface area (Å²) in [7, 11) is 0. The van der Waals surface area contributed by atoms with Crippen LogP contribution in [-0.2, 0) is 12.3 Å². The summed E-state index contributed by atoms with van der Waals surface area (Å²) >= 11 is 7.62. The number of tetrazole rings is 1. The number of para-hydroxylation sites is 1. The van der Waals surface area contributed by atoms with Gasteiger partial charge in [0.05, 0.1) is 5.75 Å². The molecule has 7 nitrogen and oxygen atoms in total. The first-order valence-corrected chi connectivity index (χ1v) is 10.8. The van der Waals surface area contributed by atoms with Crippen molar-refractivity contribution in [2.75, 3.05) is 0 Å². The number of hydrogen-bond acceptors (Lipinski definition) is 6. The summed E-state index contributed by atoms with van der Waals surface area (Å²) in [4.78, 5) is 0. The van der Waals surface area contributed by atoms with E-state index in [1.807, 2.05) is 63.8 Å². The monoisotopic (exact) mass is 425 g/mol. The average molecular weight is 426 g/mol. The fourth-order valence-corrected chi connectivity index (χ4v) is 3.91. The van der Waals surface area contributed by atoms with E-state index in [1.165, 1.54) is 0 Å². The molecule has 9 heteroatoms. The first-order valence-electron chi connectivity index (χ1n) is 9.41. The number of aromatic nitrogens is 7. The van der Waals surface area contributed by atoms with Gasteiger partial charge in [0.15, 0.2) is 16.8 Å². The molecule has 2 heterocycles. The van der Waals surface area contributed by atoms with Crippen molar-refractivity contribution in [2.45, 2.75) is 37.2 Å².